The van der Waals surface area contributed by atoms with Gasteiger partial charge >= 0.3 is 5.97 Å². The van der Waals surface area contributed by atoms with Crippen LogP contribution in [0.25, 0.3) is 0 Å². The van der Waals surface area contributed by atoms with E-state index in [0.717, 1.165) is 6.42 Å². The first-order valence-electron chi connectivity index (χ1n) is 5.36. The number of benzene rings is 1. The van der Waals surface area contributed by atoms with E-state index in [1.165, 1.54) is 6.07 Å². The average molecular weight is 223 g/mol. The molecule has 1 aromatic carbocycles. The fraction of sp³-hybridized carbons (Fsp3) is 0.417. The van der Waals surface area contributed by atoms with E-state index < -0.39 is 11.4 Å². The van der Waals surface area contributed by atoms with Crippen LogP contribution in [0.1, 0.15) is 19.3 Å². The molecule has 0 spiro atoms. The van der Waals surface area contributed by atoms with Gasteiger partial charge in [-0.3, -0.25) is 4.79 Å². The minimum atomic E-state index is -0.789. The number of carbonyl (C=O) groups is 1. The predicted molar refractivity (Wildman–Crippen MR) is 58.8 cm³/mol. The second-order valence-corrected chi connectivity index (χ2v) is 4.27. The van der Waals surface area contributed by atoms with Gasteiger partial charge in [0.1, 0.15) is 5.82 Å². The number of carboxylic acids is 1. The molecule has 0 unspecified atom stereocenters. The number of para-hydroxylation sites is 1. The molecule has 1 fully saturated rings. The van der Waals surface area contributed by atoms with Gasteiger partial charge in [-0.25, -0.2) is 4.39 Å². The smallest absolute Gasteiger partial charge is 0.311 e. The Bertz CT molecular complexity index is 402. The summed E-state index contributed by atoms with van der Waals surface area (Å²) in [5.74, 6) is -1.13. The molecule has 86 valence electrons. The molecule has 1 aromatic rings. The Morgan fingerprint density at radius 3 is 2.62 bits per heavy atom. The number of halogens is 1. The van der Waals surface area contributed by atoms with Crippen molar-refractivity contribution in [1.82, 2.24) is 0 Å². The number of aliphatic carboxylic acids is 1. The van der Waals surface area contributed by atoms with Crippen molar-refractivity contribution in [2.24, 2.45) is 5.41 Å². The van der Waals surface area contributed by atoms with Gasteiger partial charge in [0.2, 0.25) is 0 Å². The maximum Gasteiger partial charge on any atom is 0.311 e. The van der Waals surface area contributed by atoms with Gasteiger partial charge in [-0.1, -0.05) is 18.6 Å². The van der Waals surface area contributed by atoms with Crippen molar-refractivity contribution >= 4 is 11.7 Å². The first kappa shape index (κ1) is 10.9. The zero-order valence-corrected chi connectivity index (χ0v) is 8.87. The Balaban J connectivity index is 2.02. The molecule has 0 heterocycles. The van der Waals surface area contributed by atoms with Gasteiger partial charge in [-0.2, -0.15) is 0 Å². The van der Waals surface area contributed by atoms with E-state index in [2.05, 4.69) is 5.32 Å². The first-order chi connectivity index (χ1) is 7.64. The third-order valence-electron chi connectivity index (χ3n) is 3.26. The molecule has 0 amide bonds. The fourth-order valence-corrected chi connectivity index (χ4v) is 1.94. The molecule has 4 heteroatoms. The van der Waals surface area contributed by atoms with E-state index >= 15 is 0 Å². The van der Waals surface area contributed by atoms with E-state index in [-0.39, 0.29) is 5.82 Å². The molecule has 16 heavy (non-hydrogen) atoms. The summed E-state index contributed by atoms with van der Waals surface area (Å²) in [4.78, 5) is 11.1. The summed E-state index contributed by atoms with van der Waals surface area (Å²) in [7, 11) is 0. The summed E-state index contributed by atoms with van der Waals surface area (Å²) in [5, 5.41) is 12.0. The van der Waals surface area contributed by atoms with Crippen molar-refractivity contribution in [2.45, 2.75) is 19.3 Å². The highest BCUT2D eigenvalue weighted by atomic mass is 19.1. The number of rotatable bonds is 4. The SMILES string of the molecule is O=C(O)C1(CNc2ccccc2F)CCC1. The Labute approximate surface area is 93.3 Å². The van der Waals surface area contributed by atoms with E-state index in [0.29, 0.717) is 25.1 Å². The Morgan fingerprint density at radius 2 is 2.12 bits per heavy atom. The van der Waals surface area contributed by atoms with E-state index in [1.807, 2.05) is 0 Å². The van der Waals surface area contributed by atoms with Crippen LogP contribution in [0.3, 0.4) is 0 Å². The maximum atomic E-state index is 13.3. The van der Waals surface area contributed by atoms with Gasteiger partial charge in [0.05, 0.1) is 11.1 Å². The van der Waals surface area contributed by atoms with Crippen LogP contribution in [0, 0.1) is 11.2 Å². The number of carboxylic acid groups (broad SMARTS) is 1. The molecule has 2 rings (SSSR count). The van der Waals surface area contributed by atoms with Gasteiger partial charge in [0.15, 0.2) is 0 Å². The molecule has 1 aliphatic rings. The number of nitrogens with one attached hydrogen (secondary N) is 1. The lowest BCUT2D eigenvalue weighted by Gasteiger charge is -2.37. The third-order valence-corrected chi connectivity index (χ3v) is 3.26. The first-order valence-corrected chi connectivity index (χ1v) is 5.36. The summed E-state index contributed by atoms with van der Waals surface area (Å²) >= 11 is 0. The van der Waals surface area contributed by atoms with Gasteiger partial charge in [0, 0.05) is 6.54 Å². The van der Waals surface area contributed by atoms with Crippen molar-refractivity contribution in [3.63, 3.8) is 0 Å². The number of hydrogen-bond acceptors (Lipinski definition) is 2. The monoisotopic (exact) mass is 223 g/mol. The maximum absolute atomic E-state index is 13.3. The van der Waals surface area contributed by atoms with E-state index in [9.17, 15) is 9.18 Å². The van der Waals surface area contributed by atoms with Crippen LogP contribution in [0.4, 0.5) is 10.1 Å². The summed E-state index contributed by atoms with van der Waals surface area (Å²) in [6.07, 6.45) is 2.28. The van der Waals surface area contributed by atoms with Crippen molar-refractivity contribution in [3.05, 3.63) is 30.1 Å². The van der Waals surface area contributed by atoms with Crippen LogP contribution in [0.5, 0.6) is 0 Å². The third kappa shape index (κ3) is 1.87. The quantitative estimate of drug-likeness (QED) is 0.824. The minimum Gasteiger partial charge on any atom is -0.481 e. The molecule has 0 atom stereocenters. The molecule has 1 aliphatic carbocycles. The zero-order valence-electron chi connectivity index (χ0n) is 8.87. The van der Waals surface area contributed by atoms with Crippen LogP contribution in [-0.2, 0) is 4.79 Å². The van der Waals surface area contributed by atoms with Crippen molar-refractivity contribution in [2.75, 3.05) is 11.9 Å². The zero-order chi connectivity index (χ0) is 11.6. The van der Waals surface area contributed by atoms with E-state index in [4.69, 9.17) is 5.11 Å². The highest BCUT2D eigenvalue weighted by molar-refractivity contribution is 5.76. The van der Waals surface area contributed by atoms with Crippen molar-refractivity contribution in [3.8, 4) is 0 Å². The van der Waals surface area contributed by atoms with Gasteiger partial charge < -0.3 is 10.4 Å². The number of anilines is 1. The highest BCUT2D eigenvalue weighted by Gasteiger charge is 2.44. The average Bonchev–Trinajstić information content (AvgIpc) is 2.18. The Kier molecular flexibility index (Phi) is 2.81. The molecule has 0 aromatic heterocycles. The molecule has 2 N–H and O–H groups in total. The van der Waals surface area contributed by atoms with Crippen LogP contribution in [0.2, 0.25) is 0 Å². The van der Waals surface area contributed by atoms with Crippen LogP contribution in [0.15, 0.2) is 24.3 Å². The van der Waals surface area contributed by atoms with Crippen molar-refractivity contribution in [1.29, 1.82) is 0 Å². The van der Waals surface area contributed by atoms with Gasteiger partial charge in [-0.05, 0) is 25.0 Å². The van der Waals surface area contributed by atoms with E-state index in [1.54, 1.807) is 18.2 Å². The van der Waals surface area contributed by atoms with Gasteiger partial charge in [-0.15, -0.1) is 0 Å². The molecular weight excluding hydrogens is 209 g/mol. The molecule has 0 aliphatic heterocycles. The lowest BCUT2D eigenvalue weighted by molar-refractivity contribution is -0.153. The van der Waals surface area contributed by atoms with Crippen LogP contribution >= 0.6 is 0 Å². The number of hydrogen-bond donors (Lipinski definition) is 2. The summed E-state index contributed by atoms with van der Waals surface area (Å²) < 4.78 is 13.3. The summed E-state index contributed by atoms with van der Waals surface area (Å²) in [6, 6.07) is 6.30. The topological polar surface area (TPSA) is 49.3 Å². The summed E-state index contributed by atoms with van der Waals surface area (Å²) in [6.45, 7) is 0.295. The Morgan fingerprint density at radius 1 is 1.44 bits per heavy atom. The summed E-state index contributed by atoms with van der Waals surface area (Å²) in [5.41, 5.74) is -0.322. The Hall–Kier alpha value is -1.58. The normalized spacial score (nSPS) is 17.6. The van der Waals surface area contributed by atoms with Crippen LogP contribution in [-0.4, -0.2) is 17.6 Å². The lowest BCUT2D eigenvalue weighted by atomic mass is 9.69. The lowest BCUT2D eigenvalue weighted by Crippen LogP contribution is -2.43. The molecule has 3 nitrogen and oxygen atoms in total. The molecular formula is C12H14FNO2. The van der Waals surface area contributed by atoms with Gasteiger partial charge in [0.25, 0.3) is 0 Å². The minimum absolute atomic E-state index is 0.295. The fourth-order valence-electron chi connectivity index (χ4n) is 1.94. The highest BCUT2D eigenvalue weighted by Crippen LogP contribution is 2.41. The molecule has 1 saturated carbocycles. The molecule has 0 radical (unpaired) electrons. The predicted octanol–water partition coefficient (Wildman–Crippen LogP) is 2.49. The largest absolute Gasteiger partial charge is 0.481 e. The second-order valence-electron chi connectivity index (χ2n) is 4.27. The second kappa shape index (κ2) is 4.12. The standard InChI is InChI=1S/C12H14FNO2/c13-9-4-1-2-5-10(9)14-8-12(11(15)16)6-3-7-12/h1-2,4-5,14H,3,6-8H2,(H,15,16). The molecule has 0 saturated heterocycles. The molecule has 0 bridgehead atoms. The van der Waals surface area contributed by atoms with Crippen molar-refractivity contribution < 1.29 is 14.3 Å². The van der Waals surface area contributed by atoms with Crippen LogP contribution < -0.4 is 5.32 Å².